The summed E-state index contributed by atoms with van der Waals surface area (Å²) in [5, 5.41) is 6.01. The van der Waals surface area contributed by atoms with E-state index in [-0.39, 0.29) is 17.9 Å². The van der Waals surface area contributed by atoms with Gasteiger partial charge in [0, 0.05) is 5.69 Å². The predicted molar refractivity (Wildman–Crippen MR) is 52.4 cm³/mol. The molecule has 1 heterocycles. The molecule has 16 heavy (non-hydrogen) atoms. The number of aromatic nitrogens is 2. The Bertz CT molecular complexity index is 463. The molecule has 0 aliphatic rings. The number of rotatable bonds is 3. The van der Waals surface area contributed by atoms with Crippen LogP contribution in [0.4, 0.5) is 20.2 Å². The molecule has 84 valence electrons. The first-order valence-corrected chi connectivity index (χ1v) is 4.40. The molecule has 2 aromatic rings. The SMILES string of the molecule is Nc1cc(F)c(NCc2ncon2)c(F)c1. The summed E-state index contributed by atoms with van der Waals surface area (Å²) < 4.78 is 31.1. The lowest BCUT2D eigenvalue weighted by atomic mass is 10.2. The highest BCUT2D eigenvalue weighted by atomic mass is 19.1. The fraction of sp³-hybridized carbons (Fsp3) is 0.111. The highest BCUT2D eigenvalue weighted by molar-refractivity contribution is 5.53. The summed E-state index contributed by atoms with van der Waals surface area (Å²) in [6, 6.07) is 2.06. The van der Waals surface area contributed by atoms with Crippen molar-refractivity contribution in [1.82, 2.24) is 10.1 Å². The van der Waals surface area contributed by atoms with Crippen LogP contribution in [-0.4, -0.2) is 10.1 Å². The number of nitrogens with one attached hydrogen (secondary N) is 1. The minimum atomic E-state index is -0.763. The maximum absolute atomic E-state index is 13.3. The topological polar surface area (TPSA) is 77.0 Å². The Morgan fingerprint density at radius 2 is 2.00 bits per heavy atom. The number of halogens is 2. The van der Waals surface area contributed by atoms with Gasteiger partial charge in [0.05, 0.1) is 6.54 Å². The minimum absolute atomic E-state index is 0.0279. The van der Waals surface area contributed by atoms with E-state index in [0.29, 0.717) is 5.82 Å². The first kappa shape index (κ1) is 10.3. The largest absolute Gasteiger partial charge is 0.399 e. The highest BCUT2D eigenvalue weighted by Crippen LogP contribution is 2.22. The second kappa shape index (κ2) is 4.13. The molecule has 5 nitrogen and oxygen atoms in total. The first-order valence-electron chi connectivity index (χ1n) is 4.40. The van der Waals surface area contributed by atoms with Gasteiger partial charge in [-0.1, -0.05) is 5.16 Å². The third-order valence-electron chi connectivity index (χ3n) is 1.89. The molecule has 7 heteroatoms. The predicted octanol–water partition coefficient (Wildman–Crippen LogP) is 1.54. The standard InChI is InChI=1S/C9H8F2N4O/c10-6-1-5(12)2-7(11)9(6)13-3-8-14-4-16-15-8/h1-2,4,13H,3,12H2. The van der Waals surface area contributed by atoms with E-state index in [1.807, 2.05) is 0 Å². The molecule has 1 aromatic heterocycles. The molecule has 0 unspecified atom stereocenters. The number of nitrogen functional groups attached to an aromatic ring is 1. The summed E-state index contributed by atoms with van der Waals surface area (Å²) in [6.45, 7) is 0.0637. The van der Waals surface area contributed by atoms with Gasteiger partial charge >= 0.3 is 0 Å². The summed E-state index contributed by atoms with van der Waals surface area (Å²) in [4.78, 5) is 3.70. The average molecular weight is 226 g/mol. The molecule has 0 amide bonds. The van der Waals surface area contributed by atoms with Crippen molar-refractivity contribution >= 4 is 11.4 Å². The minimum Gasteiger partial charge on any atom is -0.399 e. The lowest BCUT2D eigenvalue weighted by Crippen LogP contribution is -2.05. The smallest absolute Gasteiger partial charge is 0.213 e. The van der Waals surface area contributed by atoms with Crippen LogP contribution in [0, 0.1) is 11.6 Å². The van der Waals surface area contributed by atoms with Crippen molar-refractivity contribution in [3.63, 3.8) is 0 Å². The van der Waals surface area contributed by atoms with Gasteiger partial charge in [-0.05, 0) is 12.1 Å². The zero-order valence-corrected chi connectivity index (χ0v) is 8.08. The molecular weight excluding hydrogens is 218 g/mol. The van der Waals surface area contributed by atoms with Crippen molar-refractivity contribution in [2.75, 3.05) is 11.1 Å². The Morgan fingerprint density at radius 1 is 1.31 bits per heavy atom. The van der Waals surface area contributed by atoms with E-state index in [1.54, 1.807) is 0 Å². The lowest BCUT2D eigenvalue weighted by molar-refractivity contribution is 0.410. The van der Waals surface area contributed by atoms with E-state index in [0.717, 1.165) is 18.5 Å². The van der Waals surface area contributed by atoms with Crippen molar-refractivity contribution in [1.29, 1.82) is 0 Å². The van der Waals surface area contributed by atoms with Gasteiger partial charge in [-0.2, -0.15) is 4.98 Å². The molecule has 0 radical (unpaired) electrons. The van der Waals surface area contributed by atoms with Crippen LogP contribution >= 0.6 is 0 Å². The summed E-state index contributed by atoms with van der Waals surface area (Å²) in [5.74, 6) is -1.22. The first-order chi connectivity index (χ1) is 7.66. The summed E-state index contributed by atoms with van der Waals surface area (Å²) >= 11 is 0. The number of anilines is 2. The fourth-order valence-electron chi connectivity index (χ4n) is 1.20. The van der Waals surface area contributed by atoms with Crippen molar-refractivity contribution in [2.24, 2.45) is 0 Å². The van der Waals surface area contributed by atoms with Crippen LogP contribution in [0.15, 0.2) is 23.0 Å². The number of hydrogen-bond donors (Lipinski definition) is 2. The Morgan fingerprint density at radius 3 is 2.56 bits per heavy atom. The highest BCUT2D eigenvalue weighted by Gasteiger charge is 2.10. The summed E-state index contributed by atoms with van der Waals surface area (Å²) in [6.07, 6.45) is 1.13. The zero-order chi connectivity index (χ0) is 11.5. The molecule has 1 aromatic carbocycles. The van der Waals surface area contributed by atoms with Crippen LogP contribution in [0.3, 0.4) is 0 Å². The normalized spacial score (nSPS) is 10.4. The second-order valence-corrected chi connectivity index (χ2v) is 3.06. The maximum atomic E-state index is 13.3. The second-order valence-electron chi connectivity index (χ2n) is 3.06. The Balaban J connectivity index is 2.15. The molecule has 0 saturated carbocycles. The van der Waals surface area contributed by atoms with E-state index >= 15 is 0 Å². The molecule has 0 aliphatic carbocycles. The summed E-state index contributed by atoms with van der Waals surface area (Å²) in [5.41, 5.74) is 5.03. The van der Waals surface area contributed by atoms with Crippen molar-refractivity contribution in [3.05, 3.63) is 36.0 Å². The average Bonchev–Trinajstić information content (AvgIpc) is 2.68. The zero-order valence-electron chi connectivity index (χ0n) is 8.08. The van der Waals surface area contributed by atoms with E-state index in [9.17, 15) is 8.78 Å². The van der Waals surface area contributed by atoms with E-state index in [2.05, 4.69) is 20.0 Å². The maximum Gasteiger partial charge on any atom is 0.213 e. The number of nitrogens with zero attached hydrogens (tertiary/aromatic N) is 2. The van der Waals surface area contributed by atoms with Crippen molar-refractivity contribution < 1.29 is 13.3 Å². The fourth-order valence-corrected chi connectivity index (χ4v) is 1.20. The van der Waals surface area contributed by atoms with E-state index in [4.69, 9.17) is 5.73 Å². The molecule has 0 bridgehead atoms. The van der Waals surface area contributed by atoms with E-state index < -0.39 is 11.6 Å². The van der Waals surface area contributed by atoms with Crippen molar-refractivity contribution in [2.45, 2.75) is 6.54 Å². The van der Waals surface area contributed by atoms with Gasteiger partial charge in [-0.15, -0.1) is 0 Å². The van der Waals surface area contributed by atoms with Gasteiger partial charge < -0.3 is 15.6 Å². The van der Waals surface area contributed by atoms with E-state index in [1.165, 1.54) is 0 Å². The van der Waals surface area contributed by atoms with Crippen LogP contribution in [0.5, 0.6) is 0 Å². The Labute approximate surface area is 89.3 Å². The third kappa shape index (κ3) is 2.08. The van der Waals surface area contributed by atoms with Crippen LogP contribution in [-0.2, 0) is 6.54 Å². The molecule has 3 N–H and O–H groups in total. The number of nitrogens with two attached hydrogens (primary N) is 1. The quantitative estimate of drug-likeness (QED) is 0.776. The van der Waals surface area contributed by atoms with Gasteiger partial charge in [0.2, 0.25) is 6.39 Å². The molecule has 0 aliphatic heterocycles. The molecule has 0 atom stereocenters. The Hall–Kier alpha value is -2.18. The third-order valence-corrected chi connectivity index (χ3v) is 1.89. The molecule has 2 rings (SSSR count). The molecule has 0 fully saturated rings. The molecule has 0 saturated heterocycles. The van der Waals surface area contributed by atoms with Crippen LogP contribution in [0.2, 0.25) is 0 Å². The van der Waals surface area contributed by atoms with Crippen LogP contribution in [0.1, 0.15) is 5.82 Å². The molecule has 0 spiro atoms. The monoisotopic (exact) mass is 226 g/mol. The number of hydrogen-bond acceptors (Lipinski definition) is 5. The van der Waals surface area contributed by atoms with Gasteiger partial charge in [0.1, 0.15) is 5.69 Å². The van der Waals surface area contributed by atoms with Gasteiger partial charge in [0.25, 0.3) is 0 Å². The summed E-state index contributed by atoms with van der Waals surface area (Å²) in [7, 11) is 0. The molecular formula is C9H8F2N4O. The van der Waals surface area contributed by atoms with Gasteiger partial charge in [-0.25, -0.2) is 8.78 Å². The Kier molecular flexibility index (Phi) is 2.67. The number of benzene rings is 1. The van der Waals surface area contributed by atoms with Crippen LogP contribution in [0.25, 0.3) is 0 Å². The lowest BCUT2D eigenvalue weighted by Gasteiger charge is -2.07. The van der Waals surface area contributed by atoms with Crippen LogP contribution < -0.4 is 11.1 Å². The van der Waals surface area contributed by atoms with Gasteiger partial charge in [-0.3, -0.25) is 0 Å². The van der Waals surface area contributed by atoms with Gasteiger partial charge in [0.15, 0.2) is 17.5 Å². The van der Waals surface area contributed by atoms with Crippen molar-refractivity contribution in [3.8, 4) is 0 Å².